The van der Waals surface area contributed by atoms with Crippen LogP contribution >= 0.6 is 0 Å². The summed E-state index contributed by atoms with van der Waals surface area (Å²) in [5.74, 6) is -3.80. The van der Waals surface area contributed by atoms with Crippen molar-refractivity contribution in [1.82, 2.24) is 25.1 Å². The van der Waals surface area contributed by atoms with Gasteiger partial charge in [-0.3, -0.25) is 19.1 Å². The molecule has 1 atom stereocenters. The summed E-state index contributed by atoms with van der Waals surface area (Å²) in [5.41, 5.74) is -0.309. The third-order valence-electron chi connectivity index (χ3n) is 5.67. The molecule has 2 aliphatic heterocycles. The summed E-state index contributed by atoms with van der Waals surface area (Å²) in [6, 6.07) is 2.47. The molecule has 190 valence electrons. The molecule has 0 aliphatic carbocycles. The summed E-state index contributed by atoms with van der Waals surface area (Å²) in [6.45, 7) is -1.08. The maximum atomic E-state index is 14.4. The molecule has 2 N–H and O–H groups in total. The van der Waals surface area contributed by atoms with E-state index >= 15 is 0 Å². The Kier molecular flexibility index (Phi) is 6.80. The number of alkyl halides is 2. The quantitative estimate of drug-likeness (QED) is 0.599. The van der Waals surface area contributed by atoms with Crippen LogP contribution < -0.4 is 10.6 Å². The lowest BCUT2D eigenvalue weighted by molar-refractivity contribution is -0.168. The fourth-order valence-corrected chi connectivity index (χ4v) is 3.92. The van der Waals surface area contributed by atoms with Gasteiger partial charge in [-0.15, -0.1) is 0 Å². The number of aromatic nitrogens is 2. The molecule has 2 aromatic rings. The zero-order valence-electron chi connectivity index (χ0n) is 18.7. The minimum atomic E-state index is -2.77. The van der Waals surface area contributed by atoms with Crippen molar-refractivity contribution in [3.8, 4) is 6.07 Å². The van der Waals surface area contributed by atoms with Gasteiger partial charge in [0.15, 0.2) is 11.9 Å². The predicted molar refractivity (Wildman–Crippen MR) is 112 cm³/mol. The second kappa shape index (κ2) is 9.82. The van der Waals surface area contributed by atoms with E-state index in [-0.39, 0.29) is 37.4 Å². The van der Waals surface area contributed by atoms with Crippen LogP contribution in [0.15, 0.2) is 12.1 Å². The summed E-state index contributed by atoms with van der Waals surface area (Å²) in [6.07, 6.45) is -3.85. The normalized spacial score (nSPS) is 17.2. The minimum Gasteiger partial charge on any atom is -0.348 e. The van der Waals surface area contributed by atoms with E-state index in [1.54, 1.807) is 0 Å². The number of halogens is 4. The number of hydrogen-bond acceptors (Lipinski definition) is 6. The van der Waals surface area contributed by atoms with Crippen LogP contribution in [0.1, 0.15) is 27.3 Å². The second-order valence-electron chi connectivity index (χ2n) is 7.99. The van der Waals surface area contributed by atoms with Gasteiger partial charge in [-0.25, -0.2) is 27.4 Å². The monoisotopic (exact) mass is 509 g/mol. The largest absolute Gasteiger partial charge is 0.348 e. The zero-order chi connectivity index (χ0) is 26.1. The summed E-state index contributed by atoms with van der Waals surface area (Å²) >= 11 is 0. The van der Waals surface area contributed by atoms with E-state index in [0.717, 1.165) is 17.2 Å². The Labute approximate surface area is 201 Å². The molecular weight excluding hydrogens is 490 g/mol. The average molecular weight is 509 g/mol. The minimum absolute atomic E-state index is 0.0499. The second-order valence-corrected chi connectivity index (χ2v) is 7.99. The number of carbonyl (C=O) groups excluding carboxylic acids is 3. The van der Waals surface area contributed by atoms with Gasteiger partial charge in [0.1, 0.15) is 23.1 Å². The lowest BCUT2D eigenvalue weighted by Gasteiger charge is -2.27. The van der Waals surface area contributed by atoms with Gasteiger partial charge in [-0.1, -0.05) is 0 Å². The number of hydrogen-bond donors (Lipinski definition) is 2. The van der Waals surface area contributed by atoms with E-state index in [2.05, 4.69) is 10.4 Å². The number of nitrogens with zero attached hydrogens (tertiary/aromatic N) is 5. The van der Waals surface area contributed by atoms with Crippen molar-refractivity contribution in [2.24, 2.45) is 0 Å². The van der Waals surface area contributed by atoms with Gasteiger partial charge < -0.3 is 15.5 Å². The molecule has 3 heterocycles. The maximum absolute atomic E-state index is 14.4. The molecule has 1 unspecified atom stereocenters. The van der Waals surface area contributed by atoms with Crippen LogP contribution in [0.5, 0.6) is 0 Å². The van der Waals surface area contributed by atoms with Gasteiger partial charge in [0.2, 0.25) is 0 Å². The molecule has 1 aromatic carbocycles. The smallest absolute Gasteiger partial charge is 0.322 e. The van der Waals surface area contributed by atoms with Crippen LogP contribution in [0.4, 0.5) is 28.0 Å². The molecular formula is C21H19F4N7O4. The molecule has 2 aliphatic rings. The summed E-state index contributed by atoms with van der Waals surface area (Å²) in [4.78, 5) is 44.6. The molecule has 0 saturated carbocycles. The summed E-state index contributed by atoms with van der Waals surface area (Å²) < 4.78 is 54.1. The van der Waals surface area contributed by atoms with Crippen LogP contribution in [-0.4, -0.2) is 70.3 Å². The molecule has 0 bridgehead atoms. The fourth-order valence-electron chi connectivity index (χ4n) is 3.92. The highest BCUT2D eigenvalue weighted by atomic mass is 19.3. The Bertz CT molecular complexity index is 1280. The number of fused-ring (bicyclic) bond motifs is 3. The topological polar surface area (TPSA) is 133 Å². The van der Waals surface area contributed by atoms with Gasteiger partial charge in [-0.05, 0) is 12.1 Å². The highest BCUT2D eigenvalue weighted by Gasteiger charge is 2.37. The Hall–Kier alpha value is -4.19. The van der Waals surface area contributed by atoms with Gasteiger partial charge in [0, 0.05) is 25.6 Å². The number of anilines is 1. The van der Waals surface area contributed by atoms with E-state index < -0.39 is 54.1 Å². The standard InChI is InChI=1S/C21H19F4N7O4/c1-30-20(34)18-11-8-31(21(35)28-14-3-2-12(22)10(6-26)17(14)25)5-4-13(11)29-32(18)9-15(36-30)19(33)27-7-16(23)24/h2-3,15-16H,4-5,7-9H2,1H3,(H,27,33)(H,28,35). The third kappa shape index (κ3) is 4.67. The first kappa shape index (κ1) is 24.9. The van der Waals surface area contributed by atoms with E-state index in [1.165, 1.54) is 22.7 Å². The van der Waals surface area contributed by atoms with Crippen molar-refractivity contribution >= 4 is 23.5 Å². The highest BCUT2D eigenvalue weighted by Crippen LogP contribution is 2.27. The lowest BCUT2D eigenvalue weighted by atomic mass is 10.0. The molecule has 0 saturated heterocycles. The van der Waals surface area contributed by atoms with Gasteiger partial charge in [-0.2, -0.15) is 10.4 Å². The molecule has 0 spiro atoms. The van der Waals surface area contributed by atoms with E-state index in [9.17, 15) is 31.9 Å². The molecule has 4 rings (SSSR count). The average Bonchev–Trinajstić information content (AvgIpc) is 3.14. The van der Waals surface area contributed by atoms with Crippen LogP contribution in [0, 0.1) is 23.0 Å². The molecule has 1 aromatic heterocycles. The Balaban J connectivity index is 1.55. The van der Waals surface area contributed by atoms with Crippen molar-refractivity contribution in [2.75, 3.05) is 25.5 Å². The Morgan fingerprint density at radius 3 is 2.78 bits per heavy atom. The van der Waals surface area contributed by atoms with Crippen LogP contribution in [0.25, 0.3) is 0 Å². The maximum Gasteiger partial charge on any atom is 0.322 e. The number of carbonyl (C=O) groups is 3. The van der Waals surface area contributed by atoms with Crippen molar-refractivity contribution < 1.29 is 36.8 Å². The molecule has 0 radical (unpaired) electrons. The number of hydroxylamine groups is 2. The first-order valence-electron chi connectivity index (χ1n) is 10.6. The first-order valence-corrected chi connectivity index (χ1v) is 10.6. The molecule has 4 amide bonds. The van der Waals surface area contributed by atoms with Crippen molar-refractivity contribution in [3.63, 3.8) is 0 Å². The first-order chi connectivity index (χ1) is 17.1. The molecule has 36 heavy (non-hydrogen) atoms. The summed E-state index contributed by atoms with van der Waals surface area (Å²) in [5, 5.41) is 18.4. The lowest BCUT2D eigenvalue weighted by Crippen LogP contribution is -2.43. The van der Waals surface area contributed by atoms with Crippen LogP contribution in [0.3, 0.4) is 0 Å². The number of benzene rings is 1. The Morgan fingerprint density at radius 1 is 1.33 bits per heavy atom. The van der Waals surface area contributed by atoms with Crippen LogP contribution in [-0.2, 0) is 29.1 Å². The Morgan fingerprint density at radius 2 is 2.08 bits per heavy atom. The van der Waals surface area contributed by atoms with E-state index in [4.69, 9.17) is 10.1 Å². The van der Waals surface area contributed by atoms with Crippen molar-refractivity contribution in [1.29, 1.82) is 5.26 Å². The van der Waals surface area contributed by atoms with Gasteiger partial charge in [0.05, 0.1) is 31.0 Å². The highest BCUT2D eigenvalue weighted by molar-refractivity contribution is 5.95. The predicted octanol–water partition coefficient (Wildman–Crippen LogP) is 1.39. The number of amides is 4. The molecule has 0 fully saturated rings. The molecule has 15 heteroatoms. The van der Waals surface area contributed by atoms with E-state index in [1.807, 2.05) is 5.32 Å². The van der Waals surface area contributed by atoms with Crippen molar-refractivity contribution in [3.05, 3.63) is 46.3 Å². The number of urea groups is 1. The van der Waals surface area contributed by atoms with Gasteiger partial charge in [0.25, 0.3) is 18.2 Å². The fraction of sp³-hybridized carbons (Fsp3) is 0.381. The summed E-state index contributed by atoms with van der Waals surface area (Å²) in [7, 11) is 1.25. The van der Waals surface area contributed by atoms with Crippen molar-refractivity contribution in [2.45, 2.75) is 32.0 Å². The SMILES string of the molecule is CN1OC(C(=O)NCC(F)F)Cn2nc3c(c2C1=O)CN(C(=O)Nc1ccc(F)c(C#N)c1F)CC3. The number of rotatable bonds is 4. The van der Waals surface area contributed by atoms with Crippen LogP contribution in [0.2, 0.25) is 0 Å². The van der Waals surface area contributed by atoms with Gasteiger partial charge >= 0.3 is 6.03 Å². The number of nitrogens with one attached hydrogen (secondary N) is 2. The number of nitriles is 1. The zero-order valence-corrected chi connectivity index (χ0v) is 18.7. The third-order valence-corrected chi connectivity index (χ3v) is 5.67. The molecule has 11 nitrogen and oxygen atoms in total. The van der Waals surface area contributed by atoms with E-state index in [0.29, 0.717) is 11.3 Å².